The molecular weight excluding hydrogens is 251 g/mol. The molecule has 0 saturated heterocycles. The van der Waals surface area contributed by atoms with Crippen molar-refractivity contribution < 1.29 is 22.7 Å². The number of carbonyl (C=O) groups is 1. The Bertz CT molecular complexity index is 530. The first-order valence-electron chi connectivity index (χ1n) is 4.56. The van der Waals surface area contributed by atoms with Crippen molar-refractivity contribution >= 4 is 21.6 Å². The second-order valence-electron chi connectivity index (χ2n) is 3.20. The second-order valence-corrected chi connectivity index (χ2v) is 5.05. The van der Waals surface area contributed by atoms with Gasteiger partial charge >= 0.3 is 0 Å². The lowest BCUT2D eigenvalue weighted by atomic mass is 10.2. The van der Waals surface area contributed by atoms with Crippen LogP contribution in [0.15, 0.2) is 18.2 Å². The number of nitrogens with one attached hydrogen (secondary N) is 1. The zero-order valence-electron chi connectivity index (χ0n) is 8.68. The van der Waals surface area contributed by atoms with Crippen LogP contribution >= 0.6 is 0 Å². The predicted molar refractivity (Wildman–Crippen MR) is 59.4 cm³/mol. The highest BCUT2D eigenvalue weighted by atomic mass is 32.2. The third-order valence-corrected chi connectivity index (χ3v) is 3.13. The molecule has 0 radical (unpaired) electrons. The molecule has 0 spiro atoms. The smallest absolute Gasteiger partial charge is 0.251 e. The Labute approximate surface area is 97.3 Å². The number of primary amides is 1. The van der Waals surface area contributed by atoms with Gasteiger partial charge in [0.1, 0.15) is 5.82 Å². The first kappa shape index (κ1) is 13.4. The summed E-state index contributed by atoms with van der Waals surface area (Å²) in [7, 11) is -3.72. The molecular formula is C9H11FN2O4S. The highest BCUT2D eigenvalue weighted by molar-refractivity contribution is 7.92. The minimum absolute atomic E-state index is 0.0408. The van der Waals surface area contributed by atoms with E-state index in [1.54, 1.807) is 0 Å². The molecule has 4 N–H and O–H groups in total. The van der Waals surface area contributed by atoms with Gasteiger partial charge in [0, 0.05) is 0 Å². The molecule has 1 aromatic carbocycles. The predicted octanol–water partition coefficient (Wildman–Crippen LogP) is -0.341. The van der Waals surface area contributed by atoms with Gasteiger partial charge in [-0.2, -0.15) is 0 Å². The molecule has 1 aromatic rings. The third kappa shape index (κ3) is 3.68. The molecule has 0 unspecified atom stereocenters. The van der Waals surface area contributed by atoms with Gasteiger partial charge in [0.2, 0.25) is 10.0 Å². The van der Waals surface area contributed by atoms with Gasteiger partial charge in [-0.15, -0.1) is 0 Å². The lowest BCUT2D eigenvalue weighted by Crippen LogP contribution is -2.19. The minimum atomic E-state index is -3.72. The first-order chi connectivity index (χ1) is 7.85. The fraction of sp³-hybridized carbons (Fsp3) is 0.222. The van der Waals surface area contributed by atoms with E-state index in [-0.39, 0.29) is 11.3 Å². The largest absolute Gasteiger partial charge is 0.395 e. The molecule has 0 aliphatic rings. The number of halogens is 1. The van der Waals surface area contributed by atoms with E-state index in [1.807, 2.05) is 4.72 Å². The Morgan fingerprint density at radius 3 is 2.59 bits per heavy atom. The van der Waals surface area contributed by atoms with E-state index in [9.17, 15) is 17.6 Å². The van der Waals surface area contributed by atoms with E-state index >= 15 is 0 Å². The highest BCUT2D eigenvalue weighted by Crippen LogP contribution is 2.15. The molecule has 0 heterocycles. The molecule has 8 heteroatoms. The molecule has 0 aromatic heterocycles. The highest BCUT2D eigenvalue weighted by Gasteiger charge is 2.12. The van der Waals surface area contributed by atoms with Crippen molar-refractivity contribution in [2.75, 3.05) is 17.1 Å². The van der Waals surface area contributed by atoms with Gasteiger partial charge in [-0.25, -0.2) is 12.8 Å². The van der Waals surface area contributed by atoms with Crippen LogP contribution in [0, 0.1) is 5.82 Å². The summed E-state index contributed by atoms with van der Waals surface area (Å²) in [5, 5.41) is 8.50. The number of aliphatic hydroxyl groups excluding tert-OH is 1. The van der Waals surface area contributed by atoms with Crippen molar-refractivity contribution in [3.8, 4) is 0 Å². The van der Waals surface area contributed by atoms with Crippen molar-refractivity contribution in [1.82, 2.24) is 0 Å². The van der Waals surface area contributed by atoms with Gasteiger partial charge < -0.3 is 10.8 Å². The molecule has 6 nitrogen and oxygen atoms in total. The number of nitrogens with two attached hydrogens (primary N) is 1. The zero-order valence-corrected chi connectivity index (χ0v) is 9.50. The van der Waals surface area contributed by atoms with E-state index in [1.165, 1.54) is 6.07 Å². The normalized spacial score (nSPS) is 11.2. The molecule has 0 atom stereocenters. The lowest BCUT2D eigenvalue weighted by Gasteiger charge is -2.07. The van der Waals surface area contributed by atoms with Crippen LogP contribution in [0.3, 0.4) is 0 Å². The van der Waals surface area contributed by atoms with E-state index in [0.29, 0.717) is 0 Å². The van der Waals surface area contributed by atoms with Gasteiger partial charge in [0.25, 0.3) is 5.91 Å². The van der Waals surface area contributed by atoms with E-state index < -0.39 is 34.1 Å². The number of sulfonamides is 1. The van der Waals surface area contributed by atoms with Crippen LogP contribution < -0.4 is 10.5 Å². The zero-order chi connectivity index (χ0) is 13.1. The van der Waals surface area contributed by atoms with Gasteiger partial charge in [0.05, 0.1) is 23.6 Å². The lowest BCUT2D eigenvalue weighted by molar-refractivity contribution is 0.0996. The van der Waals surface area contributed by atoms with E-state index in [0.717, 1.165) is 12.1 Å². The van der Waals surface area contributed by atoms with Crippen molar-refractivity contribution in [2.45, 2.75) is 0 Å². The summed E-state index contributed by atoms with van der Waals surface area (Å²) >= 11 is 0. The maximum atomic E-state index is 13.3. The number of amides is 1. The molecule has 0 saturated carbocycles. The summed E-state index contributed by atoms with van der Waals surface area (Å²) in [5.41, 5.74) is 4.52. The Balaban J connectivity index is 2.96. The maximum absolute atomic E-state index is 13.3. The van der Waals surface area contributed by atoms with Gasteiger partial charge in [0.15, 0.2) is 0 Å². The van der Waals surface area contributed by atoms with Gasteiger partial charge in [-0.3, -0.25) is 9.52 Å². The summed E-state index contributed by atoms with van der Waals surface area (Å²) in [6.07, 6.45) is 0. The van der Waals surface area contributed by atoms with Crippen LogP contribution in [0.5, 0.6) is 0 Å². The minimum Gasteiger partial charge on any atom is -0.395 e. The Hall–Kier alpha value is -1.67. The van der Waals surface area contributed by atoms with Crippen molar-refractivity contribution in [3.05, 3.63) is 29.6 Å². The number of anilines is 1. The number of benzene rings is 1. The van der Waals surface area contributed by atoms with Gasteiger partial charge in [-0.1, -0.05) is 0 Å². The van der Waals surface area contributed by atoms with Crippen LogP contribution in [0.25, 0.3) is 0 Å². The standard InChI is InChI=1S/C9H11FN2O4S/c10-8-5-6(1-2-7(8)9(11)14)12-17(15,16)4-3-13/h1-2,5,12-13H,3-4H2,(H2,11,14). The van der Waals surface area contributed by atoms with Crippen molar-refractivity contribution in [2.24, 2.45) is 5.73 Å². The summed E-state index contributed by atoms with van der Waals surface area (Å²) in [4.78, 5) is 10.7. The molecule has 0 aliphatic heterocycles. The van der Waals surface area contributed by atoms with Crippen molar-refractivity contribution in [3.63, 3.8) is 0 Å². The van der Waals surface area contributed by atoms with E-state index in [4.69, 9.17) is 10.8 Å². The number of hydrogen-bond donors (Lipinski definition) is 3. The molecule has 0 aliphatic carbocycles. The number of rotatable bonds is 5. The van der Waals surface area contributed by atoms with Crippen LogP contribution in [0.2, 0.25) is 0 Å². The molecule has 17 heavy (non-hydrogen) atoms. The number of carbonyl (C=O) groups excluding carboxylic acids is 1. The first-order valence-corrected chi connectivity index (χ1v) is 6.21. The average molecular weight is 262 g/mol. The monoisotopic (exact) mass is 262 g/mol. The van der Waals surface area contributed by atoms with Gasteiger partial charge in [-0.05, 0) is 18.2 Å². The third-order valence-electron chi connectivity index (χ3n) is 1.87. The number of aliphatic hydroxyl groups is 1. The van der Waals surface area contributed by atoms with Crippen LogP contribution in [0.4, 0.5) is 10.1 Å². The van der Waals surface area contributed by atoms with E-state index in [2.05, 4.69) is 0 Å². The van der Waals surface area contributed by atoms with Crippen LogP contribution in [-0.2, 0) is 10.0 Å². The average Bonchev–Trinajstić information content (AvgIpc) is 2.15. The fourth-order valence-electron chi connectivity index (χ4n) is 1.13. The Morgan fingerprint density at radius 2 is 2.12 bits per heavy atom. The summed E-state index contributed by atoms with van der Waals surface area (Å²) < 4.78 is 37.8. The topological polar surface area (TPSA) is 109 Å². The number of hydrogen-bond acceptors (Lipinski definition) is 4. The summed E-state index contributed by atoms with van der Waals surface area (Å²) in [5.74, 6) is -2.35. The molecule has 0 bridgehead atoms. The Kier molecular flexibility index (Phi) is 4.02. The fourth-order valence-corrected chi connectivity index (χ4v) is 1.96. The quantitative estimate of drug-likeness (QED) is 0.674. The molecule has 1 amide bonds. The summed E-state index contributed by atoms with van der Waals surface area (Å²) in [6, 6.07) is 3.13. The maximum Gasteiger partial charge on any atom is 0.251 e. The second kappa shape index (κ2) is 5.11. The molecule has 1 rings (SSSR count). The molecule has 0 fully saturated rings. The SMILES string of the molecule is NC(=O)c1ccc(NS(=O)(=O)CCO)cc1F. The Morgan fingerprint density at radius 1 is 1.47 bits per heavy atom. The molecule has 94 valence electrons. The van der Waals surface area contributed by atoms with Crippen molar-refractivity contribution in [1.29, 1.82) is 0 Å². The van der Waals surface area contributed by atoms with Crippen LogP contribution in [0.1, 0.15) is 10.4 Å². The van der Waals surface area contributed by atoms with Crippen LogP contribution in [-0.4, -0.2) is 31.8 Å². The summed E-state index contributed by atoms with van der Waals surface area (Å²) in [6.45, 7) is -0.544.